The fraction of sp³-hybridized carbons (Fsp3) is 0.118. The van der Waals surface area contributed by atoms with Crippen LogP contribution in [0.3, 0.4) is 0 Å². The number of rotatable bonds is 3. The lowest BCUT2D eigenvalue weighted by atomic mass is 10.0. The number of carbonyl (C=O) groups is 1. The first kappa shape index (κ1) is 13.1. The molecule has 0 bridgehead atoms. The van der Waals surface area contributed by atoms with Gasteiger partial charge in [-0.2, -0.15) is 0 Å². The topological polar surface area (TPSA) is 30.2 Å². The van der Waals surface area contributed by atoms with Crippen molar-refractivity contribution in [2.45, 2.75) is 13.3 Å². The Morgan fingerprint density at radius 2 is 1.80 bits per heavy atom. The minimum atomic E-state index is 0.0256. The van der Waals surface area contributed by atoms with E-state index in [1.807, 2.05) is 37.3 Å². The second-order valence-electron chi connectivity index (χ2n) is 4.58. The lowest BCUT2D eigenvalue weighted by Crippen LogP contribution is -1.92. The molecule has 3 heteroatoms. The molecule has 0 aliphatic rings. The molecule has 20 heavy (non-hydrogen) atoms. The molecule has 0 saturated carbocycles. The van der Waals surface area contributed by atoms with Gasteiger partial charge in [0, 0.05) is 16.5 Å². The normalized spacial score (nSPS) is 10.9. The molecule has 0 spiro atoms. The quantitative estimate of drug-likeness (QED) is 0.598. The molecule has 3 rings (SSSR count). The van der Waals surface area contributed by atoms with Crippen molar-refractivity contribution >= 4 is 32.5 Å². The Kier molecular flexibility index (Phi) is 3.45. The first-order chi connectivity index (χ1) is 9.70. The molecule has 0 N–H and O–H groups in total. The van der Waals surface area contributed by atoms with Crippen molar-refractivity contribution in [1.29, 1.82) is 0 Å². The van der Waals surface area contributed by atoms with Crippen LogP contribution in [-0.2, 0) is 0 Å². The highest BCUT2D eigenvalue weighted by Crippen LogP contribution is 2.34. The van der Waals surface area contributed by atoms with Gasteiger partial charge in [0.05, 0.1) is 0 Å². The number of fused-ring (bicyclic) bond motifs is 1. The van der Waals surface area contributed by atoms with E-state index < -0.39 is 0 Å². The predicted molar refractivity (Wildman–Crippen MR) is 84.0 cm³/mol. The SMILES string of the molecule is CCC(=O)c1ccc(-c2ccc(Br)c3ccccc23)o1. The monoisotopic (exact) mass is 328 g/mol. The number of Topliss-reactive ketones (excluding diaryl/α,β-unsaturated/α-hetero) is 1. The lowest BCUT2D eigenvalue weighted by Gasteiger charge is -2.06. The molecule has 1 aromatic heterocycles. The van der Waals surface area contributed by atoms with Gasteiger partial charge in [0.1, 0.15) is 5.76 Å². The zero-order valence-electron chi connectivity index (χ0n) is 11.0. The third-order valence-corrected chi connectivity index (χ3v) is 4.03. The lowest BCUT2D eigenvalue weighted by molar-refractivity contribution is 0.0962. The standard InChI is InChI=1S/C17H13BrO2/c1-2-15(19)17-10-9-16(20-17)13-7-8-14(18)12-6-4-3-5-11(12)13/h3-10H,2H2,1H3. The van der Waals surface area contributed by atoms with E-state index in [1.54, 1.807) is 6.07 Å². The second-order valence-corrected chi connectivity index (χ2v) is 5.44. The minimum absolute atomic E-state index is 0.0256. The molecule has 0 saturated heterocycles. The van der Waals surface area contributed by atoms with Crippen LogP contribution in [0.15, 0.2) is 57.4 Å². The number of halogens is 1. The molecule has 0 aliphatic heterocycles. The molecule has 0 amide bonds. The van der Waals surface area contributed by atoms with E-state index in [2.05, 4.69) is 28.1 Å². The Labute approximate surface area is 125 Å². The van der Waals surface area contributed by atoms with E-state index in [0.717, 1.165) is 26.6 Å². The number of hydrogen-bond donors (Lipinski definition) is 0. The smallest absolute Gasteiger partial charge is 0.197 e. The summed E-state index contributed by atoms with van der Waals surface area (Å²) in [6, 6.07) is 15.7. The van der Waals surface area contributed by atoms with Crippen molar-refractivity contribution in [3.8, 4) is 11.3 Å². The van der Waals surface area contributed by atoms with Crippen molar-refractivity contribution < 1.29 is 9.21 Å². The maximum atomic E-state index is 11.7. The fourth-order valence-electron chi connectivity index (χ4n) is 2.28. The largest absolute Gasteiger partial charge is 0.453 e. The van der Waals surface area contributed by atoms with Gasteiger partial charge in [0.15, 0.2) is 11.5 Å². The predicted octanol–water partition coefficient (Wildman–Crippen LogP) is 5.46. The summed E-state index contributed by atoms with van der Waals surface area (Å²) in [5.41, 5.74) is 0.999. The molecule has 0 fully saturated rings. The van der Waals surface area contributed by atoms with Gasteiger partial charge in [-0.25, -0.2) is 0 Å². The Morgan fingerprint density at radius 1 is 1.05 bits per heavy atom. The third kappa shape index (κ3) is 2.18. The van der Waals surface area contributed by atoms with Crippen molar-refractivity contribution in [3.05, 3.63) is 58.8 Å². The Bertz CT molecular complexity index is 787. The number of benzene rings is 2. The van der Waals surface area contributed by atoms with Gasteiger partial charge >= 0.3 is 0 Å². The molecule has 100 valence electrons. The molecular formula is C17H13BrO2. The molecular weight excluding hydrogens is 316 g/mol. The summed E-state index contributed by atoms with van der Waals surface area (Å²) < 4.78 is 6.75. The van der Waals surface area contributed by atoms with E-state index >= 15 is 0 Å². The maximum Gasteiger partial charge on any atom is 0.197 e. The van der Waals surface area contributed by atoms with Gasteiger partial charge in [-0.05, 0) is 35.0 Å². The highest BCUT2D eigenvalue weighted by molar-refractivity contribution is 9.10. The van der Waals surface area contributed by atoms with Gasteiger partial charge < -0.3 is 4.42 Å². The average Bonchev–Trinajstić information content (AvgIpc) is 2.97. The average molecular weight is 329 g/mol. The highest BCUT2D eigenvalue weighted by atomic mass is 79.9. The zero-order chi connectivity index (χ0) is 14.1. The van der Waals surface area contributed by atoms with Crippen molar-refractivity contribution in [2.24, 2.45) is 0 Å². The van der Waals surface area contributed by atoms with E-state index in [4.69, 9.17) is 4.42 Å². The molecule has 0 radical (unpaired) electrons. The Hall–Kier alpha value is -1.87. The van der Waals surface area contributed by atoms with Crippen molar-refractivity contribution in [2.75, 3.05) is 0 Å². The summed E-state index contributed by atoms with van der Waals surface area (Å²) in [4.78, 5) is 11.7. The summed E-state index contributed by atoms with van der Waals surface area (Å²) in [6.45, 7) is 1.83. The number of hydrogen-bond acceptors (Lipinski definition) is 2. The van der Waals surface area contributed by atoms with Crippen molar-refractivity contribution in [1.82, 2.24) is 0 Å². The zero-order valence-corrected chi connectivity index (χ0v) is 12.6. The van der Waals surface area contributed by atoms with Crippen LogP contribution in [0.2, 0.25) is 0 Å². The molecule has 2 nitrogen and oxygen atoms in total. The van der Waals surface area contributed by atoms with E-state index in [1.165, 1.54) is 0 Å². The molecule has 0 atom stereocenters. The van der Waals surface area contributed by atoms with Gasteiger partial charge in [0.25, 0.3) is 0 Å². The third-order valence-electron chi connectivity index (χ3n) is 3.34. The number of furan rings is 1. The van der Waals surface area contributed by atoms with E-state index in [9.17, 15) is 4.79 Å². The van der Waals surface area contributed by atoms with Crippen molar-refractivity contribution in [3.63, 3.8) is 0 Å². The van der Waals surface area contributed by atoms with Crippen LogP contribution in [0, 0.1) is 0 Å². The molecule has 0 aliphatic carbocycles. The number of ketones is 1. The second kappa shape index (κ2) is 5.25. The summed E-state index contributed by atoms with van der Waals surface area (Å²) in [7, 11) is 0. The van der Waals surface area contributed by atoms with Crippen LogP contribution >= 0.6 is 15.9 Å². The molecule has 0 unspecified atom stereocenters. The van der Waals surface area contributed by atoms with Crippen LogP contribution in [0.1, 0.15) is 23.9 Å². The summed E-state index contributed by atoms with van der Waals surface area (Å²) in [5.74, 6) is 1.18. The first-order valence-electron chi connectivity index (χ1n) is 6.51. The van der Waals surface area contributed by atoms with Gasteiger partial charge in [0.2, 0.25) is 0 Å². The van der Waals surface area contributed by atoms with Crippen LogP contribution in [0.25, 0.3) is 22.1 Å². The minimum Gasteiger partial charge on any atom is -0.453 e. The van der Waals surface area contributed by atoms with E-state index in [0.29, 0.717) is 12.2 Å². The van der Waals surface area contributed by atoms with E-state index in [-0.39, 0.29) is 5.78 Å². The van der Waals surface area contributed by atoms with Crippen LogP contribution in [0.4, 0.5) is 0 Å². The summed E-state index contributed by atoms with van der Waals surface area (Å²) in [5, 5.41) is 2.23. The highest BCUT2D eigenvalue weighted by Gasteiger charge is 2.13. The Morgan fingerprint density at radius 3 is 2.55 bits per heavy atom. The van der Waals surface area contributed by atoms with Gasteiger partial charge in [-0.15, -0.1) is 0 Å². The molecule has 1 heterocycles. The van der Waals surface area contributed by atoms with Crippen LogP contribution in [0.5, 0.6) is 0 Å². The fourth-order valence-corrected chi connectivity index (χ4v) is 2.76. The number of carbonyl (C=O) groups excluding carboxylic acids is 1. The summed E-state index contributed by atoms with van der Waals surface area (Å²) in [6.07, 6.45) is 0.452. The van der Waals surface area contributed by atoms with Crippen LogP contribution in [-0.4, -0.2) is 5.78 Å². The van der Waals surface area contributed by atoms with Gasteiger partial charge in [-0.3, -0.25) is 4.79 Å². The first-order valence-corrected chi connectivity index (χ1v) is 7.30. The van der Waals surface area contributed by atoms with Crippen LogP contribution < -0.4 is 0 Å². The summed E-state index contributed by atoms with van der Waals surface area (Å²) >= 11 is 3.56. The molecule has 3 aromatic rings. The van der Waals surface area contributed by atoms with Gasteiger partial charge in [-0.1, -0.05) is 47.1 Å². The molecule has 2 aromatic carbocycles. The Balaban J connectivity index is 2.17. The maximum absolute atomic E-state index is 11.7.